The molecule has 0 unspecified atom stereocenters. The van der Waals surface area contributed by atoms with Crippen molar-refractivity contribution in [2.24, 2.45) is 0 Å². The molecule has 10 rings (SSSR count). The third kappa shape index (κ3) is 9.65. The Morgan fingerprint density at radius 2 is 1.03 bits per heavy atom. The predicted molar refractivity (Wildman–Crippen MR) is 241 cm³/mol. The summed E-state index contributed by atoms with van der Waals surface area (Å²) in [5.41, 5.74) is 3.34. The largest absolute Gasteiger partial charge is 0.442 e. The first kappa shape index (κ1) is 45.6. The molecule has 6 heterocycles. The molecular formula is C46H48F4N12O6. The van der Waals surface area contributed by atoms with Crippen LogP contribution in [0.2, 0.25) is 0 Å². The van der Waals surface area contributed by atoms with Crippen LogP contribution in [0.15, 0.2) is 72.8 Å². The predicted octanol–water partition coefficient (Wildman–Crippen LogP) is 6.02. The maximum absolute atomic E-state index is 15.1. The van der Waals surface area contributed by atoms with Gasteiger partial charge in [-0.3, -0.25) is 19.4 Å². The van der Waals surface area contributed by atoms with Crippen molar-refractivity contribution in [1.29, 1.82) is 0 Å². The van der Waals surface area contributed by atoms with Crippen molar-refractivity contribution in [3.63, 3.8) is 0 Å². The van der Waals surface area contributed by atoms with E-state index in [1.165, 1.54) is 23.6 Å². The van der Waals surface area contributed by atoms with E-state index in [1.807, 2.05) is 53.2 Å². The van der Waals surface area contributed by atoms with Gasteiger partial charge in [0.25, 0.3) is 0 Å². The molecule has 6 aromatic rings. The van der Waals surface area contributed by atoms with E-state index >= 15 is 17.6 Å². The van der Waals surface area contributed by atoms with Crippen molar-refractivity contribution < 1.29 is 46.2 Å². The van der Waals surface area contributed by atoms with Gasteiger partial charge in [-0.05, 0) is 49.9 Å². The highest BCUT2D eigenvalue weighted by Crippen LogP contribution is 2.36. The number of rotatable bonds is 10. The molecule has 22 heteroatoms. The summed E-state index contributed by atoms with van der Waals surface area (Å²) in [7, 11) is 0. The van der Waals surface area contributed by atoms with Crippen LogP contribution >= 0.6 is 0 Å². The van der Waals surface area contributed by atoms with Crippen molar-refractivity contribution >= 4 is 68.8 Å². The van der Waals surface area contributed by atoms with Gasteiger partial charge in [0.05, 0.1) is 55.2 Å². The van der Waals surface area contributed by atoms with E-state index in [-0.39, 0.29) is 72.8 Å². The average molecular weight is 941 g/mol. The first-order valence-corrected chi connectivity index (χ1v) is 22.3. The zero-order chi connectivity index (χ0) is 47.6. The molecule has 0 spiro atoms. The van der Waals surface area contributed by atoms with Crippen LogP contribution in [-0.2, 0) is 19.1 Å². The smallest absolute Gasteiger partial charge is 0.414 e. The van der Waals surface area contributed by atoms with E-state index in [0.29, 0.717) is 51.9 Å². The van der Waals surface area contributed by atoms with Gasteiger partial charge < -0.3 is 29.9 Å². The molecule has 4 saturated heterocycles. The minimum atomic E-state index is -0.741. The van der Waals surface area contributed by atoms with Gasteiger partial charge >= 0.3 is 12.2 Å². The second-order valence-electron chi connectivity index (χ2n) is 17.1. The highest BCUT2D eigenvalue weighted by Gasteiger charge is 2.36. The molecule has 0 bridgehead atoms. The number of aromatic nitrogens is 6. The topological polar surface area (TPSA) is 185 Å². The molecular weight excluding hydrogens is 893 g/mol. The lowest BCUT2D eigenvalue weighted by Crippen LogP contribution is -2.36. The molecule has 4 aliphatic rings. The van der Waals surface area contributed by atoms with Crippen molar-refractivity contribution in [3.05, 3.63) is 96.1 Å². The zero-order valence-electron chi connectivity index (χ0n) is 37.2. The fraction of sp³-hybridized carbons (Fsp3) is 0.391. The van der Waals surface area contributed by atoms with E-state index in [2.05, 4.69) is 31.1 Å². The zero-order valence-corrected chi connectivity index (χ0v) is 37.2. The van der Waals surface area contributed by atoms with Crippen molar-refractivity contribution in [2.75, 3.05) is 72.0 Å². The summed E-state index contributed by atoms with van der Waals surface area (Å²) >= 11 is 0. The Kier molecular flexibility index (Phi) is 13.0. The van der Waals surface area contributed by atoms with Crippen LogP contribution < -0.4 is 30.2 Å². The molecule has 4 amide bonds. The molecule has 0 saturated carbocycles. The third-order valence-corrected chi connectivity index (χ3v) is 12.4. The van der Waals surface area contributed by atoms with Crippen LogP contribution in [0.3, 0.4) is 0 Å². The summed E-state index contributed by atoms with van der Waals surface area (Å²) in [6, 6.07) is 20.1. The number of cyclic esters (lactones) is 2. The molecule has 0 aliphatic carbocycles. The maximum Gasteiger partial charge on any atom is 0.414 e. The van der Waals surface area contributed by atoms with Crippen LogP contribution in [0.25, 0.3) is 22.1 Å². The second-order valence-corrected chi connectivity index (χ2v) is 17.1. The molecule has 4 aliphatic heterocycles. The minimum absolute atomic E-state index is 0.0500. The number of halogens is 4. The molecule has 2 N–H and O–H groups in total. The lowest BCUT2D eigenvalue weighted by atomic mass is 10.0. The van der Waals surface area contributed by atoms with Crippen LogP contribution in [0, 0.1) is 23.3 Å². The molecule has 4 fully saturated rings. The van der Waals surface area contributed by atoms with E-state index in [9.17, 15) is 19.2 Å². The Bertz CT molecular complexity index is 2780. The molecule has 4 aromatic carbocycles. The minimum Gasteiger partial charge on any atom is -0.442 e. The number of carbonyl (C=O) groups is 4. The number of ether oxygens (including phenoxy) is 2. The SMILES string of the molecule is CC(=O)NC[C@H]1CN(c2cc(F)c(N3CCC(n4nc5ccccc5n4)CC3)c(F)c2)C(=O)O1.CC(=O)NC[C@H]1CN(c2cc(F)c(N3CCC(n4nnc5ccccc54)CC3)c(F)c2)C(=O)O1. The molecule has 18 nitrogen and oxygen atoms in total. The lowest BCUT2D eigenvalue weighted by molar-refractivity contribution is -0.120. The quantitative estimate of drug-likeness (QED) is 0.153. The Labute approximate surface area is 386 Å². The van der Waals surface area contributed by atoms with Gasteiger partial charge in [0.2, 0.25) is 11.8 Å². The van der Waals surface area contributed by atoms with E-state index in [0.717, 1.165) is 46.3 Å². The number of benzene rings is 4. The number of hydrogen-bond donors (Lipinski definition) is 2. The highest BCUT2D eigenvalue weighted by molar-refractivity contribution is 5.91. The summed E-state index contributed by atoms with van der Waals surface area (Å²) < 4.78 is 72.5. The number of piperidine rings is 2. The van der Waals surface area contributed by atoms with Gasteiger partial charge in [-0.25, -0.2) is 31.8 Å². The fourth-order valence-electron chi connectivity index (χ4n) is 9.06. The molecule has 0 radical (unpaired) electrons. The fourth-order valence-corrected chi connectivity index (χ4v) is 9.06. The van der Waals surface area contributed by atoms with Gasteiger partial charge in [-0.2, -0.15) is 15.0 Å². The Morgan fingerprint density at radius 1 is 0.618 bits per heavy atom. The number of nitrogens with zero attached hydrogens (tertiary/aromatic N) is 10. The first-order chi connectivity index (χ1) is 32.8. The Hall–Kier alpha value is -7.52. The van der Waals surface area contributed by atoms with E-state index in [4.69, 9.17) is 9.47 Å². The number of fused-ring (bicyclic) bond motifs is 2. The van der Waals surface area contributed by atoms with Crippen LogP contribution in [-0.4, -0.2) is 119 Å². The van der Waals surface area contributed by atoms with Crippen molar-refractivity contribution in [3.8, 4) is 0 Å². The van der Waals surface area contributed by atoms with Gasteiger partial charge in [-0.1, -0.05) is 29.5 Å². The maximum atomic E-state index is 15.1. The number of amides is 4. The standard InChI is InChI=1S/2C23H24F2N6O3/c1-14(32)26-12-17-13-30(23(33)34-17)16-10-18(24)22(19(25)11-16)29-8-6-15(7-9-29)31-21-5-3-2-4-20(21)27-28-31;1-14(32)26-12-17-13-30(23(33)34-17)16-10-18(24)22(19(25)11-16)29-8-6-15(7-9-29)31-27-20-4-2-3-5-21(20)28-31/h2*2-5,10-11,15,17H,6-9,12-13H2,1H3,(H,26,32)/t2*17-/m00/s1. The van der Waals surface area contributed by atoms with Crippen molar-refractivity contribution in [2.45, 2.75) is 63.8 Å². The van der Waals surface area contributed by atoms with Gasteiger partial charge in [0, 0.05) is 64.3 Å². The molecule has 68 heavy (non-hydrogen) atoms. The third-order valence-electron chi connectivity index (χ3n) is 12.4. The normalized spacial score (nSPS) is 19.0. The van der Waals surface area contributed by atoms with Gasteiger partial charge in [0.15, 0.2) is 23.3 Å². The molecule has 2 aromatic heterocycles. The summed E-state index contributed by atoms with van der Waals surface area (Å²) in [5, 5.41) is 22.7. The lowest BCUT2D eigenvalue weighted by Gasteiger charge is -2.34. The highest BCUT2D eigenvalue weighted by atomic mass is 19.1. The van der Waals surface area contributed by atoms with E-state index in [1.54, 1.807) is 14.6 Å². The summed E-state index contributed by atoms with van der Waals surface area (Å²) in [6.45, 7) is 4.96. The molecule has 356 valence electrons. The average Bonchev–Trinajstić information content (AvgIpc) is 4.13. The first-order valence-electron chi connectivity index (χ1n) is 22.3. The second kappa shape index (κ2) is 19.4. The van der Waals surface area contributed by atoms with Crippen LogP contribution in [0.5, 0.6) is 0 Å². The van der Waals surface area contributed by atoms with E-state index < -0.39 is 47.7 Å². The van der Waals surface area contributed by atoms with Gasteiger partial charge in [0.1, 0.15) is 40.1 Å². The summed E-state index contributed by atoms with van der Waals surface area (Å²) in [5.74, 6) is -3.47. The summed E-state index contributed by atoms with van der Waals surface area (Å²) in [6.07, 6.45) is 0.0251. The summed E-state index contributed by atoms with van der Waals surface area (Å²) in [4.78, 5) is 54.0. The van der Waals surface area contributed by atoms with Crippen LogP contribution in [0.4, 0.5) is 49.9 Å². The van der Waals surface area contributed by atoms with Crippen LogP contribution in [0.1, 0.15) is 51.6 Å². The number of carbonyl (C=O) groups excluding carboxylic acids is 4. The number of anilines is 4. The monoisotopic (exact) mass is 940 g/mol. The van der Waals surface area contributed by atoms with Gasteiger partial charge in [-0.15, -0.1) is 5.10 Å². The number of para-hydroxylation sites is 1. The Morgan fingerprint density at radius 3 is 1.47 bits per heavy atom. The molecule has 2 atom stereocenters. The van der Waals surface area contributed by atoms with Crippen molar-refractivity contribution in [1.82, 2.24) is 40.6 Å². The Balaban J connectivity index is 0.000000170. The number of hydrogen-bond acceptors (Lipinski definition) is 12. The number of nitrogens with one attached hydrogen (secondary N) is 2.